The molecule has 0 saturated heterocycles. The van der Waals surface area contributed by atoms with Gasteiger partial charge in [-0.1, -0.05) is 65.0 Å². The first-order valence-corrected chi connectivity index (χ1v) is 9.07. The van der Waals surface area contributed by atoms with E-state index in [1.54, 1.807) is 23.9 Å². The number of benzene rings is 2. The lowest BCUT2D eigenvalue weighted by atomic mass is 10.2. The van der Waals surface area contributed by atoms with E-state index in [1.165, 1.54) is 23.5 Å². The van der Waals surface area contributed by atoms with Gasteiger partial charge in [0.1, 0.15) is 5.82 Å². The predicted molar refractivity (Wildman–Crippen MR) is 94.6 cm³/mol. The maximum Gasteiger partial charge on any atom is 0.206 e. The van der Waals surface area contributed by atoms with Crippen LogP contribution in [0.5, 0.6) is 0 Å². The average Bonchev–Trinajstić information content (AvgIpc) is 3.02. The van der Waals surface area contributed by atoms with Crippen molar-refractivity contribution in [3.8, 4) is 0 Å². The fourth-order valence-corrected chi connectivity index (χ4v) is 3.78. The molecule has 0 atom stereocenters. The highest BCUT2D eigenvalue weighted by Gasteiger charge is 2.06. The SMILES string of the molecule is Fc1ccc(CSc2nnc(NCc3ccccc3Cl)s2)cc1. The molecule has 1 N–H and O–H groups in total. The molecule has 3 nitrogen and oxygen atoms in total. The monoisotopic (exact) mass is 365 g/mol. The standard InChI is InChI=1S/C16H13ClFN3S2/c17-14-4-2-1-3-12(14)9-19-15-20-21-16(23-15)22-10-11-5-7-13(18)8-6-11/h1-8H,9-10H2,(H,19,20). The molecule has 0 aliphatic heterocycles. The van der Waals surface area contributed by atoms with Gasteiger partial charge in [-0.15, -0.1) is 10.2 Å². The summed E-state index contributed by atoms with van der Waals surface area (Å²) in [6.45, 7) is 0.608. The van der Waals surface area contributed by atoms with Crippen LogP contribution in [-0.2, 0) is 12.3 Å². The molecule has 1 heterocycles. The van der Waals surface area contributed by atoms with Crippen LogP contribution in [-0.4, -0.2) is 10.2 Å². The van der Waals surface area contributed by atoms with Gasteiger partial charge in [-0.3, -0.25) is 0 Å². The zero-order chi connectivity index (χ0) is 16.1. The Kier molecular flexibility index (Phi) is 5.48. The largest absolute Gasteiger partial charge is 0.356 e. The molecule has 0 saturated carbocycles. The summed E-state index contributed by atoms with van der Waals surface area (Å²) in [5, 5.41) is 13.0. The first-order valence-electron chi connectivity index (χ1n) is 6.89. The summed E-state index contributed by atoms with van der Waals surface area (Å²) < 4.78 is 13.7. The molecule has 7 heteroatoms. The van der Waals surface area contributed by atoms with Crippen molar-refractivity contribution in [1.29, 1.82) is 0 Å². The van der Waals surface area contributed by atoms with Gasteiger partial charge in [0.15, 0.2) is 4.34 Å². The Labute approximate surface area is 146 Å². The summed E-state index contributed by atoms with van der Waals surface area (Å²) in [4.78, 5) is 0. The van der Waals surface area contributed by atoms with E-state index in [1.807, 2.05) is 24.3 Å². The van der Waals surface area contributed by atoms with Crippen molar-refractivity contribution in [3.05, 3.63) is 70.5 Å². The topological polar surface area (TPSA) is 37.8 Å². The average molecular weight is 366 g/mol. The molecule has 3 rings (SSSR count). The Morgan fingerprint density at radius 2 is 1.87 bits per heavy atom. The van der Waals surface area contributed by atoms with Crippen molar-refractivity contribution in [2.45, 2.75) is 16.6 Å². The number of nitrogens with one attached hydrogen (secondary N) is 1. The van der Waals surface area contributed by atoms with Crippen LogP contribution in [0, 0.1) is 5.82 Å². The molecule has 0 amide bonds. The van der Waals surface area contributed by atoms with E-state index >= 15 is 0 Å². The minimum Gasteiger partial charge on any atom is -0.356 e. The number of hydrogen-bond acceptors (Lipinski definition) is 5. The van der Waals surface area contributed by atoms with Crippen molar-refractivity contribution in [2.75, 3.05) is 5.32 Å². The maximum absolute atomic E-state index is 12.9. The fraction of sp³-hybridized carbons (Fsp3) is 0.125. The molecule has 0 aliphatic rings. The second-order valence-electron chi connectivity index (χ2n) is 4.73. The number of thioether (sulfide) groups is 1. The van der Waals surface area contributed by atoms with Crippen LogP contribution in [0.3, 0.4) is 0 Å². The molecule has 1 aromatic heterocycles. The number of halogens is 2. The fourth-order valence-electron chi connectivity index (χ4n) is 1.88. The Hall–Kier alpha value is -1.63. The molecule has 23 heavy (non-hydrogen) atoms. The van der Waals surface area contributed by atoms with E-state index in [4.69, 9.17) is 11.6 Å². The van der Waals surface area contributed by atoms with Crippen LogP contribution in [0.2, 0.25) is 5.02 Å². The number of rotatable bonds is 6. The van der Waals surface area contributed by atoms with Gasteiger partial charge in [-0.25, -0.2) is 4.39 Å². The van der Waals surface area contributed by atoms with Crippen molar-refractivity contribution in [2.24, 2.45) is 0 Å². The quantitative estimate of drug-likeness (QED) is 0.606. The summed E-state index contributed by atoms with van der Waals surface area (Å²) in [5.74, 6) is 0.514. The van der Waals surface area contributed by atoms with E-state index in [-0.39, 0.29) is 5.82 Å². The lowest BCUT2D eigenvalue weighted by Gasteiger charge is -2.03. The van der Waals surface area contributed by atoms with Crippen molar-refractivity contribution in [3.63, 3.8) is 0 Å². The van der Waals surface area contributed by atoms with Gasteiger partial charge in [0.05, 0.1) is 0 Å². The second kappa shape index (κ2) is 7.77. The molecule has 0 aliphatic carbocycles. The van der Waals surface area contributed by atoms with E-state index in [0.29, 0.717) is 6.54 Å². The molecular weight excluding hydrogens is 353 g/mol. The Morgan fingerprint density at radius 3 is 2.65 bits per heavy atom. The van der Waals surface area contributed by atoms with Gasteiger partial charge < -0.3 is 5.32 Å². The van der Waals surface area contributed by atoms with Gasteiger partial charge in [-0.2, -0.15) is 0 Å². The molecule has 0 fully saturated rings. The van der Waals surface area contributed by atoms with E-state index in [0.717, 1.165) is 31.4 Å². The molecule has 3 aromatic rings. The molecule has 0 unspecified atom stereocenters. The van der Waals surface area contributed by atoms with E-state index in [9.17, 15) is 4.39 Å². The highest BCUT2D eigenvalue weighted by molar-refractivity contribution is 8.00. The predicted octanol–water partition coefficient (Wildman–Crippen LogP) is 5.24. The first-order chi connectivity index (χ1) is 11.2. The Bertz CT molecular complexity index is 777. The maximum atomic E-state index is 12.9. The third kappa shape index (κ3) is 4.67. The smallest absolute Gasteiger partial charge is 0.206 e. The third-order valence-corrected chi connectivity index (χ3v) is 5.52. The van der Waals surface area contributed by atoms with Crippen LogP contribution >= 0.6 is 34.7 Å². The van der Waals surface area contributed by atoms with Gasteiger partial charge in [0.2, 0.25) is 5.13 Å². The second-order valence-corrected chi connectivity index (χ2v) is 7.34. The number of aromatic nitrogens is 2. The molecule has 118 valence electrons. The van der Waals surface area contributed by atoms with Crippen molar-refractivity contribution >= 4 is 39.8 Å². The molecule has 0 bridgehead atoms. The lowest BCUT2D eigenvalue weighted by Crippen LogP contribution is -1.99. The molecular formula is C16H13ClFN3S2. The first kappa shape index (κ1) is 16.2. The van der Waals surface area contributed by atoms with Crippen LogP contribution in [0.4, 0.5) is 9.52 Å². The van der Waals surface area contributed by atoms with Crippen LogP contribution < -0.4 is 5.32 Å². The highest BCUT2D eigenvalue weighted by atomic mass is 35.5. The summed E-state index contributed by atoms with van der Waals surface area (Å²) in [5.41, 5.74) is 2.07. The minimum absolute atomic E-state index is 0.222. The number of anilines is 1. The third-order valence-electron chi connectivity index (χ3n) is 3.07. The van der Waals surface area contributed by atoms with E-state index < -0.39 is 0 Å². The van der Waals surface area contributed by atoms with Gasteiger partial charge >= 0.3 is 0 Å². The summed E-state index contributed by atoms with van der Waals surface area (Å²) in [7, 11) is 0. The Morgan fingerprint density at radius 1 is 1.09 bits per heavy atom. The molecule has 0 radical (unpaired) electrons. The van der Waals surface area contributed by atoms with Crippen molar-refractivity contribution < 1.29 is 4.39 Å². The lowest BCUT2D eigenvalue weighted by molar-refractivity contribution is 0.627. The Balaban J connectivity index is 1.53. The highest BCUT2D eigenvalue weighted by Crippen LogP contribution is 2.28. The summed E-state index contributed by atoms with van der Waals surface area (Å²) in [6.07, 6.45) is 0. The minimum atomic E-state index is -0.222. The van der Waals surface area contributed by atoms with Crippen LogP contribution in [0.1, 0.15) is 11.1 Å². The summed E-state index contributed by atoms with van der Waals surface area (Å²) in [6, 6.07) is 14.2. The zero-order valence-corrected chi connectivity index (χ0v) is 14.4. The van der Waals surface area contributed by atoms with Crippen LogP contribution in [0.15, 0.2) is 52.9 Å². The van der Waals surface area contributed by atoms with E-state index in [2.05, 4.69) is 15.5 Å². The molecule has 0 spiro atoms. The van der Waals surface area contributed by atoms with Gasteiger partial charge in [0.25, 0.3) is 0 Å². The van der Waals surface area contributed by atoms with Crippen LogP contribution in [0.25, 0.3) is 0 Å². The van der Waals surface area contributed by atoms with Crippen molar-refractivity contribution in [1.82, 2.24) is 10.2 Å². The normalized spacial score (nSPS) is 10.7. The molecule has 2 aromatic carbocycles. The zero-order valence-electron chi connectivity index (χ0n) is 12.0. The number of hydrogen-bond donors (Lipinski definition) is 1. The van der Waals surface area contributed by atoms with Gasteiger partial charge in [0, 0.05) is 17.3 Å². The van der Waals surface area contributed by atoms with Gasteiger partial charge in [-0.05, 0) is 29.3 Å². The summed E-state index contributed by atoms with van der Waals surface area (Å²) >= 11 is 9.20. The number of nitrogens with zero attached hydrogens (tertiary/aromatic N) is 2.